The van der Waals surface area contributed by atoms with Gasteiger partial charge >= 0.3 is 6.18 Å². The van der Waals surface area contributed by atoms with Crippen LogP contribution in [0.25, 0.3) is 0 Å². The fraction of sp³-hybridized carbons (Fsp3) is 0.459. The SMILES string of the molecule is C=CC(=O)N[C@H]1C[C@@H](/C(N)=C/N(N)C(C)C)CN(Cc2cc3c(c(C(F)(F)F)c2)CN(c2cccc(C4(C(=N)N(C)C=N)CC(C)C4)c2)C3=O)C1.[HH]. The van der Waals surface area contributed by atoms with Crippen molar-refractivity contribution in [1.82, 2.24) is 20.1 Å². The van der Waals surface area contributed by atoms with Crippen molar-refractivity contribution in [2.75, 3.05) is 25.0 Å². The number of fused-ring (bicyclic) bond motifs is 1. The molecule has 3 aliphatic rings. The zero-order valence-corrected chi connectivity index (χ0v) is 29.6. The second-order valence-corrected chi connectivity index (χ2v) is 14.5. The second-order valence-electron chi connectivity index (χ2n) is 14.5. The molecule has 0 radical (unpaired) electrons. The molecule has 1 saturated carbocycles. The van der Waals surface area contributed by atoms with Gasteiger partial charge in [0.15, 0.2) is 0 Å². The smallest absolute Gasteiger partial charge is 0.401 e. The number of amides is 2. The van der Waals surface area contributed by atoms with E-state index in [9.17, 15) is 22.8 Å². The monoisotopic (exact) mass is 709 g/mol. The van der Waals surface area contributed by atoms with Crippen LogP contribution in [0.5, 0.6) is 0 Å². The van der Waals surface area contributed by atoms with Gasteiger partial charge in [0.25, 0.3) is 5.91 Å². The number of amidine groups is 1. The van der Waals surface area contributed by atoms with E-state index in [4.69, 9.17) is 22.4 Å². The summed E-state index contributed by atoms with van der Waals surface area (Å²) in [5.74, 6) is 5.55. The maximum Gasteiger partial charge on any atom is 0.416 e. The molecule has 2 amide bonds. The first-order valence-corrected chi connectivity index (χ1v) is 17.1. The molecule has 1 aliphatic carbocycles. The van der Waals surface area contributed by atoms with Gasteiger partial charge in [0.05, 0.1) is 23.9 Å². The number of nitrogens with two attached hydrogens (primary N) is 2. The van der Waals surface area contributed by atoms with Gasteiger partial charge in [0, 0.05) is 69.3 Å². The summed E-state index contributed by atoms with van der Waals surface area (Å²) in [6.07, 6.45) is 1.06. The van der Waals surface area contributed by atoms with Crippen molar-refractivity contribution < 1.29 is 24.2 Å². The molecule has 11 nitrogen and oxygen atoms in total. The number of alkyl halides is 3. The highest BCUT2D eigenvalue weighted by Crippen LogP contribution is 2.50. The van der Waals surface area contributed by atoms with Crippen LogP contribution in [0.2, 0.25) is 0 Å². The number of anilines is 1. The standard InChI is InChI=1S/C37H48F3N9O2.H2/c1-6-33(50)45-27-12-25(32(42)20-49(44)22(2)3)17-47(18-27)16-24-10-29-30(31(11-24)37(38,39)40)19-48(34(29)51)28-9-7-8-26(13-28)36(14-23(4)15-36)35(43)46(5)21-41;/h6-11,13,20-23,25,27,41,43H,1,12,14-19,42,44H2,2-5H3,(H,45,50);1H/b32-20-,41-21?,43-35?;/t23?,25-,27+,36?;/m1./s1. The van der Waals surface area contributed by atoms with Crippen molar-refractivity contribution in [3.8, 4) is 0 Å². The topological polar surface area (TPSA) is 159 Å². The van der Waals surface area contributed by atoms with E-state index in [-0.39, 0.29) is 55.4 Å². The molecule has 0 unspecified atom stereocenters. The van der Waals surface area contributed by atoms with Gasteiger partial charge in [-0.05, 0) is 86.1 Å². The minimum Gasteiger partial charge on any atom is -0.401 e. The lowest BCUT2D eigenvalue weighted by Crippen LogP contribution is -2.52. The second kappa shape index (κ2) is 14.5. The number of likely N-dealkylation sites (tertiary alicyclic amines) is 1. The quantitative estimate of drug-likeness (QED) is 0.0708. The lowest BCUT2D eigenvalue weighted by Gasteiger charge is -2.48. The Labute approximate surface area is 298 Å². The lowest BCUT2D eigenvalue weighted by atomic mass is 9.58. The molecule has 0 aromatic heterocycles. The van der Waals surface area contributed by atoms with Gasteiger partial charge in [-0.2, -0.15) is 13.2 Å². The van der Waals surface area contributed by atoms with Crippen LogP contribution in [0, 0.1) is 22.7 Å². The number of nitrogens with zero attached hydrogens (tertiary/aromatic N) is 4. The van der Waals surface area contributed by atoms with Gasteiger partial charge in [-0.1, -0.05) is 25.6 Å². The normalized spacial score (nSPS) is 23.8. The number of hydrogen-bond donors (Lipinski definition) is 5. The summed E-state index contributed by atoms with van der Waals surface area (Å²) in [6.45, 7) is 10.0. The summed E-state index contributed by atoms with van der Waals surface area (Å²) in [7, 11) is 1.65. The number of hydrogen-bond acceptors (Lipinski definition) is 8. The zero-order chi connectivity index (χ0) is 37.4. The van der Waals surface area contributed by atoms with Gasteiger partial charge in [-0.15, -0.1) is 0 Å². The molecule has 2 aromatic carbocycles. The third kappa shape index (κ3) is 7.66. The molecule has 2 heterocycles. The van der Waals surface area contributed by atoms with Crippen molar-refractivity contribution in [1.29, 1.82) is 10.8 Å². The van der Waals surface area contributed by atoms with Gasteiger partial charge in [0.1, 0.15) is 5.84 Å². The van der Waals surface area contributed by atoms with E-state index in [0.29, 0.717) is 55.2 Å². The lowest BCUT2D eigenvalue weighted by molar-refractivity contribution is -0.138. The predicted octanol–water partition coefficient (Wildman–Crippen LogP) is 5.17. The number of hydrazine groups is 1. The van der Waals surface area contributed by atoms with E-state index in [2.05, 4.69) is 18.8 Å². The van der Waals surface area contributed by atoms with Crippen molar-refractivity contribution in [2.24, 2.45) is 23.4 Å². The van der Waals surface area contributed by atoms with Gasteiger partial charge in [-0.25, -0.2) is 5.84 Å². The number of nitrogens with one attached hydrogen (secondary N) is 3. The van der Waals surface area contributed by atoms with Gasteiger partial charge in [0.2, 0.25) is 5.91 Å². The van der Waals surface area contributed by atoms with Gasteiger partial charge in [-0.3, -0.25) is 25.3 Å². The molecule has 2 aromatic rings. The maximum absolute atomic E-state index is 14.7. The highest BCUT2D eigenvalue weighted by Gasteiger charge is 2.49. The van der Waals surface area contributed by atoms with Crippen molar-refractivity contribution in [3.05, 3.63) is 88.8 Å². The summed E-state index contributed by atoms with van der Waals surface area (Å²) in [5, 5.41) is 20.9. The Morgan fingerprint density at radius 3 is 2.55 bits per heavy atom. The van der Waals surface area contributed by atoms with Crippen LogP contribution < -0.4 is 21.8 Å². The summed E-state index contributed by atoms with van der Waals surface area (Å²) in [5.41, 5.74) is 6.90. The number of benzene rings is 2. The molecule has 7 N–H and O–H groups in total. The average Bonchev–Trinajstić information content (AvgIpc) is 3.40. The molecule has 1 saturated heterocycles. The largest absolute Gasteiger partial charge is 0.416 e. The van der Waals surface area contributed by atoms with Crippen LogP contribution in [-0.2, 0) is 29.5 Å². The number of halogens is 3. The van der Waals surface area contributed by atoms with Crippen LogP contribution in [0.1, 0.15) is 74.1 Å². The Kier molecular flexibility index (Phi) is 10.7. The predicted molar refractivity (Wildman–Crippen MR) is 194 cm³/mol. The van der Waals surface area contributed by atoms with E-state index in [1.807, 2.05) is 24.8 Å². The minimum atomic E-state index is -4.71. The first-order valence-electron chi connectivity index (χ1n) is 17.1. The third-order valence-electron chi connectivity index (χ3n) is 10.3. The summed E-state index contributed by atoms with van der Waals surface area (Å²) in [4.78, 5) is 31.0. The van der Waals surface area contributed by atoms with E-state index < -0.39 is 23.1 Å². The van der Waals surface area contributed by atoms with Crippen molar-refractivity contribution in [2.45, 2.75) is 76.8 Å². The zero-order valence-electron chi connectivity index (χ0n) is 29.6. The molecule has 0 bridgehead atoms. The van der Waals surface area contributed by atoms with E-state index >= 15 is 0 Å². The Balaban J connectivity index is 0.00000605. The molecule has 2 fully saturated rings. The highest BCUT2D eigenvalue weighted by atomic mass is 19.4. The first kappa shape index (κ1) is 37.6. The molecule has 2 atom stereocenters. The summed E-state index contributed by atoms with van der Waals surface area (Å²) in [6, 6.07) is 9.42. The molecule has 2 aliphatic heterocycles. The van der Waals surface area contributed by atoms with E-state index in [0.717, 1.165) is 18.0 Å². The Morgan fingerprint density at radius 1 is 1.24 bits per heavy atom. The van der Waals surface area contributed by atoms with Crippen LogP contribution in [0.15, 0.2) is 61.0 Å². The molecular weight excluding hydrogens is 659 g/mol. The van der Waals surface area contributed by atoms with Crippen LogP contribution in [-0.4, -0.2) is 71.0 Å². The number of carbonyl (C=O) groups excluding carboxylic acids is 2. The fourth-order valence-electron chi connectivity index (χ4n) is 7.70. The Bertz CT molecular complexity index is 1740. The Morgan fingerprint density at radius 2 is 1.94 bits per heavy atom. The summed E-state index contributed by atoms with van der Waals surface area (Å²) >= 11 is 0. The molecule has 14 heteroatoms. The molecule has 51 heavy (non-hydrogen) atoms. The van der Waals surface area contributed by atoms with Crippen LogP contribution in [0.3, 0.4) is 0 Å². The fourth-order valence-corrected chi connectivity index (χ4v) is 7.70. The van der Waals surface area contributed by atoms with E-state index in [1.54, 1.807) is 37.5 Å². The first-order chi connectivity index (χ1) is 24.0. The number of rotatable bonds is 11. The Hall–Kier alpha value is -4.69. The van der Waals surface area contributed by atoms with E-state index in [1.165, 1.54) is 20.9 Å². The maximum atomic E-state index is 14.7. The summed E-state index contributed by atoms with van der Waals surface area (Å²) < 4.78 is 44.0. The molecule has 0 spiro atoms. The number of carbonyl (C=O) groups is 2. The molecular formula is C37H50F3N9O2. The average molecular weight is 710 g/mol. The highest BCUT2D eigenvalue weighted by molar-refractivity contribution is 6.10. The molecule has 5 rings (SSSR count). The van der Waals surface area contributed by atoms with Crippen molar-refractivity contribution >= 4 is 29.7 Å². The number of piperidine rings is 1. The minimum absolute atomic E-state index is 0. The molecule has 276 valence electrons. The number of likely N-dealkylation sites (N-methyl/N-ethyl adjacent to an activating group) is 1. The van der Waals surface area contributed by atoms with Gasteiger partial charge < -0.3 is 25.9 Å². The third-order valence-corrected chi connectivity index (χ3v) is 10.3. The van der Waals surface area contributed by atoms with Crippen LogP contribution >= 0.6 is 0 Å². The van der Waals surface area contributed by atoms with Crippen LogP contribution in [0.4, 0.5) is 18.9 Å². The van der Waals surface area contributed by atoms with Crippen molar-refractivity contribution in [3.63, 3.8) is 0 Å².